The molecule has 1 saturated heterocycles. The number of rotatable bonds is 5. The van der Waals surface area contributed by atoms with Gasteiger partial charge < -0.3 is 14.2 Å². The molecule has 1 fully saturated rings. The molecule has 4 rings (SSSR count). The van der Waals surface area contributed by atoms with Crippen molar-refractivity contribution in [2.75, 3.05) is 20.2 Å². The second-order valence-electron chi connectivity index (χ2n) is 7.00. The molecule has 144 valence electrons. The molecule has 6 nitrogen and oxygen atoms in total. The third-order valence-electron chi connectivity index (χ3n) is 5.08. The minimum absolute atomic E-state index is 0.136. The summed E-state index contributed by atoms with van der Waals surface area (Å²) in [6, 6.07) is 8.19. The van der Waals surface area contributed by atoms with Crippen LogP contribution in [-0.4, -0.2) is 45.5 Å². The third kappa shape index (κ3) is 3.35. The van der Waals surface area contributed by atoms with E-state index in [1.807, 2.05) is 25.3 Å². The van der Waals surface area contributed by atoms with Crippen LogP contribution in [0.3, 0.4) is 0 Å². The van der Waals surface area contributed by atoms with Crippen LogP contribution in [-0.2, 0) is 6.54 Å². The Balaban J connectivity index is 1.42. The standard InChI is InChI=1S/C21H21FN4O2/c1-14-10-24-20(16-5-7-23-8-6-16)26(14)13-15-11-25(12-15)21(27)17-3-4-19(28-2)18(22)9-17/h3-10,15H,11-13H2,1-2H3. The summed E-state index contributed by atoms with van der Waals surface area (Å²) >= 11 is 0. The number of carbonyl (C=O) groups is 1. The highest BCUT2D eigenvalue weighted by Crippen LogP contribution is 2.26. The SMILES string of the molecule is COc1ccc(C(=O)N2CC(Cn3c(C)cnc3-c3ccncc3)C2)cc1F. The molecule has 0 atom stereocenters. The average molecular weight is 380 g/mol. The van der Waals surface area contributed by atoms with E-state index in [4.69, 9.17) is 4.74 Å². The molecule has 3 aromatic rings. The van der Waals surface area contributed by atoms with Crippen LogP contribution in [0.25, 0.3) is 11.4 Å². The molecule has 7 heteroatoms. The molecule has 1 aliphatic rings. The van der Waals surface area contributed by atoms with Crippen LogP contribution < -0.4 is 4.74 Å². The van der Waals surface area contributed by atoms with E-state index in [0.29, 0.717) is 24.6 Å². The monoisotopic (exact) mass is 380 g/mol. The second kappa shape index (κ2) is 7.42. The summed E-state index contributed by atoms with van der Waals surface area (Å²) < 4.78 is 20.9. The van der Waals surface area contributed by atoms with E-state index >= 15 is 0 Å². The van der Waals surface area contributed by atoms with E-state index < -0.39 is 5.82 Å². The van der Waals surface area contributed by atoms with Crippen molar-refractivity contribution in [3.8, 4) is 17.1 Å². The van der Waals surface area contributed by atoms with Gasteiger partial charge in [-0.1, -0.05) is 0 Å². The lowest BCUT2D eigenvalue weighted by Crippen LogP contribution is -2.51. The highest BCUT2D eigenvalue weighted by atomic mass is 19.1. The minimum atomic E-state index is -0.526. The zero-order valence-electron chi connectivity index (χ0n) is 15.8. The van der Waals surface area contributed by atoms with Crippen LogP contribution in [0.2, 0.25) is 0 Å². The second-order valence-corrected chi connectivity index (χ2v) is 7.00. The van der Waals surface area contributed by atoms with E-state index in [1.54, 1.807) is 23.4 Å². The number of aryl methyl sites for hydroxylation is 1. The quantitative estimate of drug-likeness (QED) is 0.682. The molecule has 3 heterocycles. The van der Waals surface area contributed by atoms with Gasteiger partial charge >= 0.3 is 0 Å². The van der Waals surface area contributed by atoms with E-state index in [0.717, 1.165) is 23.6 Å². The van der Waals surface area contributed by atoms with Gasteiger partial charge in [-0.05, 0) is 37.3 Å². The Morgan fingerprint density at radius 3 is 2.68 bits per heavy atom. The van der Waals surface area contributed by atoms with Crippen molar-refractivity contribution in [1.82, 2.24) is 19.4 Å². The number of likely N-dealkylation sites (tertiary alicyclic amines) is 1. The number of aromatic nitrogens is 3. The van der Waals surface area contributed by atoms with Gasteiger partial charge in [0.2, 0.25) is 0 Å². The normalized spacial score (nSPS) is 14.0. The predicted molar refractivity (Wildman–Crippen MR) is 103 cm³/mol. The maximum absolute atomic E-state index is 13.9. The molecule has 0 unspecified atom stereocenters. The van der Waals surface area contributed by atoms with Gasteiger partial charge in [0.05, 0.1) is 7.11 Å². The number of nitrogens with zero attached hydrogens (tertiary/aromatic N) is 4. The lowest BCUT2D eigenvalue weighted by atomic mass is 9.98. The topological polar surface area (TPSA) is 60.2 Å². The number of benzene rings is 1. The molecule has 0 saturated carbocycles. The van der Waals surface area contributed by atoms with Crippen molar-refractivity contribution < 1.29 is 13.9 Å². The molecule has 0 spiro atoms. The van der Waals surface area contributed by atoms with Crippen LogP contribution >= 0.6 is 0 Å². The molecule has 1 aromatic carbocycles. The highest BCUT2D eigenvalue weighted by molar-refractivity contribution is 5.94. The Bertz CT molecular complexity index is 997. The molecule has 2 aromatic heterocycles. The maximum Gasteiger partial charge on any atom is 0.253 e. The molecule has 0 aliphatic carbocycles. The molecule has 0 bridgehead atoms. The van der Waals surface area contributed by atoms with Crippen LogP contribution in [0.15, 0.2) is 48.9 Å². The molecular weight excluding hydrogens is 359 g/mol. The van der Waals surface area contributed by atoms with E-state index in [9.17, 15) is 9.18 Å². The van der Waals surface area contributed by atoms with Crippen molar-refractivity contribution >= 4 is 5.91 Å². The van der Waals surface area contributed by atoms with Gasteiger partial charge in [-0.3, -0.25) is 9.78 Å². The molecule has 1 aliphatic heterocycles. The number of carbonyl (C=O) groups excluding carboxylic acids is 1. The van der Waals surface area contributed by atoms with Gasteiger partial charge in [0.15, 0.2) is 11.6 Å². The lowest BCUT2D eigenvalue weighted by molar-refractivity contribution is 0.0468. The van der Waals surface area contributed by atoms with Crippen molar-refractivity contribution in [3.63, 3.8) is 0 Å². The fraction of sp³-hybridized carbons (Fsp3) is 0.286. The molecule has 0 radical (unpaired) electrons. The summed E-state index contributed by atoms with van der Waals surface area (Å²) in [6.07, 6.45) is 5.36. The van der Waals surface area contributed by atoms with Crippen molar-refractivity contribution in [1.29, 1.82) is 0 Å². The number of ether oxygens (including phenoxy) is 1. The first kappa shape index (κ1) is 18.2. The van der Waals surface area contributed by atoms with Crippen LogP contribution in [0.5, 0.6) is 5.75 Å². The van der Waals surface area contributed by atoms with Gasteiger partial charge in [-0.25, -0.2) is 9.37 Å². The summed E-state index contributed by atoms with van der Waals surface area (Å²) in [5, 5.41) is 0. The third-order valence-corrected chi connectivity index (χ3v) is 5.08. The van der Waals surface area contributed by atoms with Crippen molar-refractivity contribution in [2.45, 2.75) is 13.5 Å². The van der Waals surface area contributed by atoms with Gasteiger partial charge in [-0.15, -0.1) is 0 Å². The van der Waals surface area contributed by atoms with Crippen LogP contribution in [0, 0.1) is 18.7 Å². The van der Waals surface area contributed by atoms with Gasteiger partial charge in [0.1, 0.15) is 5.82 Å². The van der Waals surface area contributed by atoms with Crippen molar-refractivity contribution in [3.05, 3.63) is 66.0 Å². The number of hydrogen-bond donors (Lipinski definition) is 0. The first-order valence-corrected chi connectivity index (χ1v) is 9.12. The van der Waals surface area contributed by atoms with Crippen LogP contribution in [0.4, 0.5) is 4.39 Å². The summed E-state index contributed by atoms with van der Waals surface area (Å²) in [6.45, 7) is 4.09. The maximum atomic E-state index is 13.9. The fourth-order valence-corrected chi connectivity index (χ4v) is 3.51. The van der Waals surface area contributed by atoms with Gasteiger partial charge in [-0.2, -0.15) is 0 Å². The van der Waals surface area contributed by atoms with E-state index in [-0.39, 0.29) is 11.7 Å². The Labute approximate surface area is 162 Å². The lowest BCUT2D eigenvalue weighted by Gasteiger charge is -2.40. The number of amides is 1. The average Bonchev–Trinajstić information content (AvgIpc) is 3.04. The number of halogens is 1. The number of pyridine rings is 1. The fourth-order valence-electron chi connectivity index (χ4n) is 3.51. The summed E-state index contributed by atoms with van der Waals surface area (Å²) in [7, 11) is 1.40. The Hall–Kier alpha value is -3.22. The molecule has 28 heavy (non-hydrogen) atoms. The smallest absolute Gasteiger partial charge is 0.253 e. The zero-order chi connectivity index (χ0) is 19.7. The summed E-state index contributed by atoms with van der Waals surface area (Å²) in [5.41, 5.74) is 2.44. The van der Waals surface area contributed by atoms with Gasteiger partial charge in [0.25, 0.3) is 5.91 Å². The molecule has 0 N–H and O–H groups in total. The largest absolute Gasteiger partial charge is 0.494 e. The number of imidazole rings is 1. The van der Waals surface area contributed by atoms with Gasteiger partial charge in [0, 0.05) is 61.0 Å². The number of hydrogen-bond acceptors (Lipinski definition) is 4. The van der Waals surface area contributed by atoms with Crippen molar-refractivity contribution in [2.24, 2.45) is 5.92 Å². The minimum Gasteiger partial charge on any atom is -0.494 e. The highest BCUT2D eigenvalue weighted by Gasteiger charge is 2.32. The zero-order valence-corrected chi connectivity index (χ0v) is 15.8. The Morgan fingerprint density at radius 1 is 1.25 bits per heavy atom. The predicted octanol–water partition coefficient (Wildman–Crippen LogP) is 3.17. The Kier molecular flexibility index (Phi) is 4.81. The molecular formula is C21H21FN4O2. The molecule has 1 amide bonds. The van der Waals surface area contributed by atoms with E-state index in [1.165, 1.54) is 19.2 Å². The first-order chi connectivity index (χ1) is 13.6. The summed E-state index contributed by atoms with van der Waals surface area (Å²) in [5.74, 6) is 0.690. The first-order valence-electron chi connectivity index (χ1n) is 9.12. The summed E-state index contributed by atoms with van der Waals surface area (Å²) in [4.78, 5) is 22.9. The van der Waals surface area contributed by atoms with Crippen LogP contribution in [0.1, 0.15) is 16.1 Å². The van der Waals surface area contributed by atoms with E-state index in [2.05, 4.69) is 14.5 Å². The number of methoxy groups -OCH3 is 1. The Morgan fingerprint density at radius 2 is 2.00 bits per heavy atom.